The Morgan fingerprint density at radius 3 is 2.21 bits per heavy atom. The number of amides is 2. The number of ether oxygens (including phenoxy) is 1. The van der Waals surface area contributed by atoms with Gasteiger partial charge in [-0.25, -0.2) is 13.1 Å². The molecule has 0 saturated heterocycles. The zero-order valence-electron chi connectivity index (χ0n) is 29.1. The van der Waals surface area contributed by atoms with Crippen LogP contribution >= 0.6 is 11.6 Å². The molecule has 4 aromatic carbocycles. The molecule has 2 N–H and O–H groups in total. The quantitative estimate of drug-likeness (QED) is 0.0735. The summed E-state index contributed by atoms with van der Waals surface area (Å²) in [7, 11) is -4.30. The lowest BCUT2D eigenvalue weighted by molar-refractivity contribution is -0.384. The maximum absolute atomic E-state index is 14.0. The molecule has 0 bridgehead atoms. The first-order valence-electron chi connectivity index (χ1n) is 16.7. The number of benzene rings is 4. The van der Waals surface area contributed by atoms with Crippen molar-refractivity contribution in [1.29, 1.82) is 0 Å². The Labute approximate surface area is 311 Å². The zero-order chi connectivity index (χ0) is 37.9. The van der Waals surface area contributed by atoms with Crippen molar-refractivity contribution in [3.8, 4) is 16.9 Å². The minimum atomic E-state index is -4.30. The molecule has 0 radical (unpaired) electrons. The first-order valence-corrected chi connectivity index (χ1v) is 18.6. The third kappa shape index (κ3) is 8.14. The molecule has 0 spiro atoms. The van der Waals surface area contributed by atoms with Crippen LogP contribution in [-0.2, 0) is 21.2 Å². The van der Waals surface area contributed by atoms with Crippen LogP contribution in [-0.4, -0.2) is 36.7 Å². The molecule has 0 fully saturated rings. The molecule has 0 unspecified atom stereocenters. The van der Waals surface area contributed by atoms with E-state index in [4.69, 9.17) is 16.3 Å². The molecule has 13 heteroatoms. The van der Waals surface area contributed by atoms with E-state index < -0.39 is 20.9 Å². The van der Waals surface area contributed by atoms with Crippen LogP contribution in [0.1, 0.15) is 51.1 Å². The van der Waals surface area contributed by atoms with E-state index in [9.17, 15) is 28.1 Å². The average molecular weight is 751 g/mol. The third-order valence-corrected chi connectivity index (χ3v) is 11.0. The van der Waals surface area contributed by atoms with E-state index in [1.165, 1.54) is 24.3 Å². The Morgan fingerprint density at radius 1 is 0.887 bits per heavy atom. The zero-order valence-corrected chi connectivity index (χ0v) is 30.7. The van der Waals surface area contributed by atoms with Gasteiger partial charge in [0, 0.05) is 57.9 Å². The Hall–Kier alpha value is -5.85. The van der Waals surface area contributed by atoms with Gasteiger partial charge in [-0.05, 0) is 122 Å². The minimum Gasteiger partial charge on any atom is -0.494 e. The Morgan fingerprint density at radius 2 is 1.55 bits per heavy atom. The van der Waals surface area contributed by atoms with Crippen LogP contribution in [0.15, 0.2) is 108 Å². The number of fused-ring (bicyclic) bond motifs is 1. The smallest absolute Gasteiger partial charge is 0.269 e. The van der Waals surface area contributed by atoms with Gasteiger partial charge in [-0.1, -0.05) is 35.9 Å². The highest BCUT2D eigenvalue weighted by molar-refractivity contribution is 7.90. The summed E-state index contributed by atoms with van der Waals surface area (Å²) >= 11 is 6.33. The summed E-state index contributed by atoms with van der Waals surface area (Å²) in [5.41, 5.74) is 8.48. The number of allylic oxidation sites excluding steroid dienone is 1. The summed E-state index contributed by atoms with van der Waals surface area (Å²) < 4.78 is 33.5. The SMILES string of the molecule is Cc1cc(OCCCC2=C(C(=O)Nc3ccc(C(=O)NS(=O)(=O)c4ccc([N+](=O)[O-])cc4)cc3)Cc3c2cccc3-c2cccnc2C)cc(C)c1Cl. The van der Waals surface area contributed by atoms with Gasteiger partial charge in [0.1, 0.15) is 5.75 Å². The third-order valence-electron chi connectivity index (χ3n) is 9.03. The molecule has 0 aliphatic heterocycles. The monoisotopic (exact) mass is 750 g/mol. The summed E-state index contributed by atoms with van der Waals surface area (Å²) in [6.45, 7) is 6.26. The molecule has 1 heterocycles. The van der Waals surface area contributed by atoms with Crippen molar-refractivity contribution >= 4 is 50.4 Å². The maximum atomic E-state index is 14.0. The number of nitro groups is 1. The van der Waals surface area contributed by atoms with E-state index in [0.29, 0.717) is 42.2 Å². The number of nitro benzene ring substituents is 1. The first-order chi connectivity index (χ1) is 25.3. The number of hydrogen-bond donors (Lipinski definition) is 2. The van der Waals surface area contributed by atoms with Gasteiger partial charge in [0.25, 0.3) is 27.5 Å². The van der Waals surface area contributed by atoms with Crippen molar-refractivity contribution in [2.24, 2.45) is 0 Å². The number of halogens is 1. The fraction of sp³-hybridized carbons (Fsp3) is 0.175. The number of hydrogen-bond acceptors (Lipinski definition) is 8. The Bertz CT molecular complexity index is 2370. The van der Waals surface area contributed by atoms with Gasteiger partial charge in [0.05, 0.1) is 16.4 Å². The molecular formula is C40H35ClN4O7S. The molecule has 2 amide bonds. The molecule has 0 saturated carbocycles. The molecule has 270 valence electrons. The van der Waals surface area contributed by atoms with Gasteiger partial charge in [0.15, 0.2) is 0 Å². The molecule has 5 aromatic rings. The number of pyridine rings is 1. The van der Waals surface area contributed by atoms with E-state index in [0.717, 1.165) is 74.7 Å². The molecule has 11 nitrogen and oxygen atoms in total. The predicted octanol–water partition coefficient (Wildman–Crippen LogP) is 8.16. The normalized spacial score (nSPS) is 12.3. The lowest BCUT2D eigenvalue weighted by Crippen LogP contribution is -2.30. The molecule has 53 heavy (non-hydrogen) atoms. The molecular weight excluding hydrogens is 716 g/mol. The van der Waals surface area contributed by atoms with Crippen molar-refractivity contribution in [2.75, 3.05) is 11.9 Å². The van der Waals surface area contributed by atoms with Crippen LogP contribution in [0.3, 0.4) is 0 Å². The van der Waals surface area contributed by atoms with Crippen LogP contribution in [0.25, 0.3) is 16.7 Å². The Kier molecular flexibility index (Phi) is 10.7. The van der Waals surface area contributed by atoms with E-state index >= 15 is 0 Å². The van der Waals surface area contributed by atoms with Crippen LogP contribution in [0.5, 0.6) is 5.75 Å². The maximum Gasteiger partial charge on any atom is 0.269 e. The number of sulfonamides is 1. The highest BCUT2D eigenvalue weighted by Crippen LogP contribution is 2.42. The van der Waals surface area contributed by atoms with Crippen LogP contribution in [0.4, 0.5) is 11.4 Å². The van der Waals surface area contributed by atoms with Crippen LogP contribution in [0.2, 0.25) is 5.02 Å². The number of aryl methyl sites for hydroxylation is 3. The van der Waals surface area contributed by atoms with Crippen molar-refractivity contribution in [2.45, 2.75) is 44.9 Å². The minimum absolute atomic E-state index is 0.0317. The summed E-state index contributed by atoms with van der Waals surface area (Å²) in [4.78, 5) is 41.3. The van der Waals surface area contributed by atoms with Crippen molar-refractivity contribution < 1.29 is 27.7 Å². The van der Waals surface area contributed by atoms with Crippen molar-refractivity contribution in [1.82, 2.24) is 9.71 Å². The highest BCUT2D eigenvalue weighted by Gasteiger charge is 2.29. The summed E-state index contributed by atoms with van der Waals surface area (Å²) in [6.07, 6.45) is 3.38. The summed E-state index contributed by atoms with van der Waals surface area (Å²) in [5, 5.41) is 14.6. The highest BCUT2D eigenvalue weighted by atomic mass is 35.5. The number of nitrogens with zero attached hydrogens (tertiary/aromatic N) is 2. The second-order valence-electron chi connectivity index (χ2n) is 12.6. The second-order valence-corrected chi connectivity index (χ2v) is 14.7. The van der Waals surface area contributed by atoms with Crippen LogP contribution in [0, 0.1) is 30.9 Å². The van der Waals surface area contributed by atoms with Gasteiger partial charge in [0.2, 0.25) is 0 Å². The summed E-state index contributed by atoms with van der Waals surface area (Å²) in [6, 6.07) is 23.8. The number of carbonyl (C=O) groups excluding carboxylic acids is 2. The van der Waals surface area contributed by atoms with E-state index in [1.54, 1.807) is 6.20 Å². The lowest BCUT2D eigenvalue weighted by atomic mass is 9.93. The van der Waals surface area contributed by atoms with Gasteiger partial charge in [-0.15, -0.1) is 0 Å². The fourth-order valence-electron chi connectivity index (χ4n) is 6.36. The van der Waals surface area contributed by atoms with Gasteiger partial charge in [-0.3, -0.25) is 24.7 Å². The lowest BCUT2D eigenvalue weighted by Gasteiger charge is -2.13. The van der Waals surface area contributed by atoms with Crippen molar-refractivity contribution in [3.05, 3.63) is 151 Å². The number of non-ortho nitro benzene ring substituents is 1. The Balaban J connectivity index is 1.19. The standard InChI is InChI=1S/C40H35ClN4O7S/c1-24-21-30(22-25(2)38(24)41)52-20-6-10-35-34-8-4-7-33(32-9-5-19-42-26(32)3)36(34)23-37(35)40(47)43-28-13-11-27(12-14-28)39(46)44-53(50,51)31-17-15-29(16-18-31)45(48)49/h4-5,7-9,11-19,21-22H,6,10,20,23H2,1-3H3,(H,43,47)(H,44,46). The molecule has 6 rings (SSSR count). The second kappa shape index (κ2) is 15.4. The molecule has 0 atom stereocenters. The van der Waals surface area contributed by atoms with E-state index in [1.807, 2.05) is 68.0 Å². The number of nitrogens with one attached hydrogen (secondary N) is 2. The number of carbonyl (C=O) groups is 2. The predicted molar refractivity (Wildman–Crippen MR) is 204 cm³/mol. The van der Waals surface area contributed by atoms with Gasteiger partial charge < -0.3 is 10.1 Å². The summed E-state index contributed by atoms with van der Waals surface area (Å²) in [5.74, 6) is -0.465. The largest absolute Gasteiger partial charge is 0.494 e. The van der Waals surface area contributed by atoms with Gasteiger partial charge >= 0.3 is 0 Å². The fourth-order valence-corrected chi connectivity index (χ4v) is 7.44. The first kappa shape index (κ1) is 36.9. The molecule has 1 aliphatic carbocycles. The average Bonchev–Trinajstić information content (AvgIpc) is 3.51. The van der Waals surface area contributed by atoms with Crippen molar-refractivity contribution in [3.63, 3.8) is 0 Å². The topological polar surface area (TPSA) is 158 Å². The molecule has 1 aliphatic rings. The van der Waals surface area contributed by atoms with Crippen LogP contribution < -0.4 is 14.8 Å². The van der Waals surface area contributed by atoms with Gasteiger partial charge in [-0.2, -0.15) is 0 Å². The number of anilines is 1. The molecule has 1 aromatic heterocycles. The van der Waals surface area contributed by atoms with E-state index in [2.05, 4.69) is 10.3 Å². The van der Waals surface area contributed by atoms with E-state index in [-0.39, 0.29) is 22.1 Å². The number of aromatic nitrogens is 1. The number of rotatable bonds is 12.